The van der Waals surface area contributed by atoms with Crippen LogP contribution in [0.4, 0.5) is 0 Å². The fourth-order valence-electron chi connectivity index (χ4n) is 0.712. The molecule has 1 unspecified atom stereocenters. The Bertz CT molecular complexity index is 207. The molecule has 0 bridgehead atoms. The SMILES string of the molecule is CC=CSP(=O)(OCC)SCCCC. The van der Waals surface area contributed by atoms with Gasteiger partial charge in [0.15, 0.2) is 0 Å². The third-order valence-electron chi connectivity index (χ3n) is 1.36. The van der Waals surface area contributed by atoms with Crippen molar-refractivity contribution in [2.45, 2.75) is 33.6 Å². The minimum absolute atomic E-state index is 0.515. The van der Waals surface area contributed by atoms with Crippen LogP contribution in [-0.4, -0.2) is 12.4 Å². The van der Waals surface area contributed by atoms with E-state index in [2.05, 4.69) is 6.92 Å². The van der Waals surface area contributed by atoms with E-state index in [0.717, 1.165) is 18.6 Å². The first-order chi connectivity index (χ1) is 6.68. The predicted octanol–water partition coefficient (Wildman–Crippen LogP) is 4.93. The summed E-state index contributed by atoms with van der Waals surface area (Å²) in [6.45, 7) is 6.44. The first-order valence-electron chi connectivity index (χ1n) is 4.87. The smallest absolute Gasteiger partial charge is 0.314 e. The van der Waals surface area contributed by atoms with Gasteiger partial charge in [0, 0.05) is 5.75 Å². The van der Waals surface area contributed by atoms with Crippen molar-refractivity contribution in [1.29, 1.82) is 0 Å². The molecule has 0 aliphatic heterocycles. The van der Waals surface area contributed by atoms with Gasteiger partial charge in [-0.3, -0.25) is 4.57 Å². The predicted molar refractivity (Wildman–Crippen MR) is 69.0 cm³/mol. The normalized spacial score (nSPS) is 15.9. The van der Waals surface area contributed by atoms with E-state index in [0.29, 0.717) is 6.61 Å². The third kappa shape index (κ3) is 6.99. The molecule has 0 saturated heterocycles. The summed E-state index contributed by atoms with van der Waals surface area (Å²) in [5.74, 6) is -1.60. The molecule has 0 amide bonds. The van der Waals surface area contributed by atoms with Crippen LogP contribution in [0.25, 0.3) is 0 Å². The lowest BCUT2D eigenvalue weighted by molar-refractivity contribution is 0.357. The van der Waals surface area contributed by atoms with Crippen LogP contribution < -0.4 is 0 Å². The summed E-state index contributed by atoms with van der Waals surface area (Å²) >= 11 is 2.77. The molecule has 84 valence electrons. The molecule has 0 aromatic carbocycles. The van der Waals surface area contributed by atoms with Crippen molar-refractivity contribution in [3.63, 3.8) is 0 Å². The van der Waals surface area contributed by atoms with Crippen LogP contribution >= 0.6 is 28.5 Å². The van der Waals surface area contributed by atoms with Crippen molar-refractivity contribution < 1.29 is 9.09 Å². The van der Waals surface area contributed by atoms with Gasteiger partial charge in [-0.05, 0) is 37.1 Å². The highest BCUT2D eigenvalue weighted by Crippen LogP contribution is 2.70. The van der Waals surface area contributed by atoms with Crippen molar-refractivity contribution in [3.8, 4) is 0 Å². The number of rotatable bonds is 8. The maximum Gasteiger partial charge on any atom is 0.317 e. The zero-order chi connectivity index (χ0) is 10.9. The van der Waals surface area contributed by atoms with Crippen LogP contribution in [0.1, 0.15) is 33.6 Å². The molecular formula is C9H19O2PS2. The lowest BCUT2D eigenvalue weighted by Gasteiger charge is -2.13. The fraction of sp³-hybridized carbons (Fsp3) is 0.778. The topological polar surface area (TPSA) is 26.3 Å². The summed E-state index contributed by atoms with van der Waals surface area (Å²) in [5.41, 5.74) is 0. The summed E-state index contributed by atoms with van der Waals surface area (Å²) in [5, 5.41) is 1.84. The molecule has 0 aliphatic carbocycles. The molecule has 14 heavy (non-hydrogen) atoms. The van der Waals surface area contributed by atoms with Gasteiger partial charge in [0.2, 0.25) is 0 Å². The Morgan fingerprint density at radius 3 is 2.64 bits per heavy atom. The van der Waals surface area contributed by atoms with E-state index in [-0.39, 0.29) is 0 Å². The second-order valence-corrected chi connectivity index (χ2v) is 9.91. The van der Waals surface area contributed by atoms with Crippen LogP contribution in [0.5, 0.6) is 0 Å². The Balaban J connectivity index is 4.02. The van der Waals surface area contributed by atoms with Crippen LogP contribution in [0.3, 0.4) is 0 Å². The quantitative estimate of drug-likeness (QED) is 0.453. The second-order valence-electron chi connectivity index (χ2n) is 2.63. The summed E-state index contributed by atoms with van der Waals surface area (Å²) in [4.78, 5) is 0. The molecule has 0 saturated carbocycles. The average molecular weight is 254 g/mol. The molecule has 0 heterocycles. The molecule has 1 atom stereocenters. The van der Waals surface area contributed by atoms with Gasteiger partial charge in [-0.25, -0.2) is 0 Å². The fourth-order valence-corrected chi connectivity index (χ4v) is 6.89. The molecule has 0 aliphatic rings. The van der Waals surface area contributed by atoms with E-state index >= 15 is 0 Å². The lowest BCUT2D eigenvalue weighted by atomic mass is 10.4. The van der Waals surface area contributed by atoms with Gasteiger partial charge in [-0.2, -0.15) is 0 Å². The Labute approximate surface area is 95.2 Å². The zero-order valence-electron chi connectivity index (χ0n) is 9.06. The molecule has 2 nitrogen and oxygen atoms in total. The van der Waals surface area contributed by atoms with Crippen LogP contribution in [0.2, 0.25) is 0 Å². The Morgan fingerprint density at radius 1 is 1.43 bits per heavy atom. The van der Waals surface area contributed by atoms with Crippen molar-refractivity contribution >= 4 is 28.5 Å². The monoisotopic (exact) mass is 254 g/mol. The van der Waals surface area contributed by atoms with E-state index < -0.39 is 5.77 Å². The average Bonchev–Trinajstić information content (AvgIpc) is 2.16. The zero-order valence-corrected chi connectivity index (χ0v) is 11.6. The summed E-state index contributed by atoms with van der Waals surface area (Å²) in [6, 6.07) is 0. The summed E-state index contributed by atoms with van der Waals surface area (Å²) in [7, 11) is 0. The summed E-state index contributed by atoms with van der Waals surface area (Å²) < 4.78 is 17.4. The molecule has 0 N–H and O–H groups in total. The highest BCUT2D eigenvalue weighted by atomic mass is 33.1. The Morgan fingerprint density at radius 2 is 2.14 bits per heavy atom. The first-order valence-corrected chi connectivity index (χ1v) is 9.57. The molecule has 0 radical (unpaired) electrons. The van der Waals surface area contributed by atoms with Crippen molar-refractivity contribution in [1.82, 2.24) is 0 Å². The largest absolute Gasteiger partial charge is 0.317 e. The van der Waals surface area contributed by atoms with Crippen LogP contribution in [-0.2, 0) is 9.09 Å². The molecule has 5 heteroatoms. The van der Waals surface area contributed by atoms with E-state index in [9.17, 15) is 4.57 Å². The maximum absolute atomic E-state index is 12.1. The van der Waals surface area contributed by atoms with Gasteiger partial charge in [0.1, 0.15) is 0 Å². The van der Waals surface area contributed by atoms with Gasteiger partial charge in [0.05, 0.1) is 6.61 Å². The molecule has 0 rings (SSSR count). The third-order valence-corrected chi connectivity index (χ3v) is 8.37. The van der Waals surface area contributed by atoms with E-state index in [4.69, 9.17) is 4.52 Å². The molecule has 0 aromatic rings. The van der Waals surface area contributed by atoms with Crippen molar-refractivity contribution in [2.75, 3.05) is 12.4 Å². The van der Waals surface area contributed by atoms with Gasteiger partial charge >= 0.3 is 5.77 Å². The Kier molecular flexibility index (Phi) is 9.30. The summed E-state index contributed by atoms with van der Waals surface area (Å²) in [6.07, 6.45) is 4.11. The van der Waals surface area contributed by atoms with Gasteiger partial charge < -0.3 is 4.52 Å². The van der Waals surface area contributed by atoms with Gasteiger partial charge in [0.25, 0.3) is 0 Å². The van der Waals surface area contributed by atoms with Crippen LogP contribution in [0, 0.1) is 0 Å². The molecular weight excluding hydrogens is 235 g/mol. The minimum Gasteiger partial charge on any atom is -0.314 e. The number of hydrogen-bond acceptors (Lipinski definition) is 4. The molecule has 0 spiro atoms. The highest BCUT2D eigenvalue weighted by Gasteiger charge is 2.22. The lowest BCUT2D eigenvalue weighted by Crippen LogP contribution is -1.84. The van der Waals surface area contributed by atoms with Gasteiger partial charge in [-0.1, -0.05) is 30.8 Å². The number of hydrogen-bond donors (Lipinski definition) is 0. The van der Waals surface area contributed by atoms with Crippen molar-refractivity contribution in [3.05, 3.63) is 11.5 Å². The molecule has 0 aromatic heterocycles. The van der Waals surface area contributed by atoms with Gasteiger partial charge in [-0.15, -0.1) is 0 Å². The first kappa shape index (κ1) is 14.6. The van der Waals surface area contributed by atoms with E-state index in [1.807, 2.05) is 25.3 Å². The number of unbranched alkanes of at least 4 members (excludes halogenated alkanes) is 1. The molecule has 0 fully saturated rings. The second kappa shape index (κ2) is 8.90. The van der Waals surface area contributed by atoms with Crippen LogP contribution in [0.15, 0.2) is 11.5 Å². The van der Waals surface area contributed by atoms with E-state index in [1.54, 1.807) is 0 Å². The Hall–Kier alpha value is 0.630. The van der Waals surface area contributed by atoms with Crippen molar-refractivity contribution in [2.24, 2.45) is 0 Å². The van der Waals surface area contributed by atoms with E-state index in [1.165, 1.54) is 22.8 Å². The maximum atomic E-state index is 12.1. The number of allylic oxidation sites excluding steroid dienone is 1. The minimum atomic E-state index is -2.52. The standard InChI is InChI=1S/C9H19O2PS2/c1-4-7-9-14-12(10,11-6-3)13-8-5-2/h5,8H,4,6-7,9H2,1-3H3. The highest BCUT2D eigenvalue weighted by molar-refractivity contribution is 8.89.